The van der Waals surface area contributed by atoms with Crippen molar-refractivity contribution >= 4 is 21.7 Å². The van der Waals surface area contributed by atoms with Crippen LogP contribution in [0.4, 0.5) is 0 Å². The van der Waals surface area contributed by atoms with Gasteiger partial charge in [0.2, 0.25) is 6.29 Å². The molecule has 9 heavy (non-hydrogen) atoms. The molecule has 0 aromatic carbocycles. The number of hydrogen-bond acceptors (Lipinski definition) is 3. The molecule has 1 fully saturated rings. The lowest BCUT2D eigenvalue weighted by Gasteiger charge is -2.31. The lowest BCUT2D eigenvalue weighted by Crippen LogP contribution is -2.44. The zero-order valence-corrected chi connectivity index (χ0v) is 6.55. The van der Waals surface area contributed by atoms with Crippen molar-refractivity contribution < 1.29 is 14.3 Å². The Labute approximate surface area is 61.4 Å². The van der Waals surface area contributed by atoms with Gasteiger partial charge in [0.25, 0.3) is 0 Å². The molecule has 0 atom stereocenters. The van der Waals surface area contributed by atoms with Crippen molar-refractivity contribution in [2.24, 2.45) is 0 Å². The van der Waals surface area contributed by atoms with Crippen LogP contribution in [-0.4, -0.2) is 23.7 Å². The molecule has 0 radical (unpaired) electrons. The van der Waals surface area contributed by atoms with Crippen LogP contribution in [0.5, 0.6) is 0 Å². The summed E-state index contributed by atoms with van der Waals surface area (Å²) < 4.78 is 9.78. The number of alkyl halides is 1. The molecule has 0 aliphatic carbocycles. The Morgan fingerprint density at radius 1 is 1.67 bits per heavy atom. The van der Waals surface area contributed by atoms with Gasteiger partial charge >= 0.3 is 0 Å². The number of ether oxygens (including phenoxy) is 2. The highest BCUT2D eigenvalue weighted by Crippen LogP contribution is 2.16. The molecule has 0 N–H and O–H groups in total. The predicted molar refractivity (Wildman–Crippen MR) is 34.2 cm³/mol. The molecule has 1 aliphatic rings. The lowest BCUT2D eigenvalue weighted by molar-refractivity contribution is -0.356. The van der Waals surface area contributed by atoms with Crippen LogP contribution >= 0.6 is 15.9 Å². The van der Waals surface area contributed by atoms with Crippen molar-refractivity contribution in [1.29, 1.82) is 0 Å². The van der Waals surface area contributed by atoms with Gasteiger partial charge in [-0.05, 0) is 6.92 Å². The number of halogens is 1. The zero-order chi connectivity index (χ0) is 6.85. The maximum Gasteiger partial charge on any atom is 0.223 e. The van der Waals surface area contributed by atoms with Crippen molar-refractivity contribution in [3.8, 4) is 0 Å². The summed E-state index contributed by atoms with van der Waals surface area (Å²) in [6.45, 7) is 1.75. The minimum Gasteiger partial charge on any atom is -0.316 e. The standard InChI is InChI=1S/C5H7BrO3/c1-3-8-5(9-3)4(7)2-6/h3,5H,2H2,1H3. The Morgan fingerprint density at radius 2 is 2.22 bits per heavy atom. The third kappa shape index (κ3) is 1.50. The third-order valence-corrected chi connectivity index (χ3v) is 1.58. The second kappa shape index (κ2) is 2.77. The van der Waals surface area contributed by atoms with Crippen LogP contribution in [0.2, 0.25) is 0 Å². The summed E-state index contributed by atoms with van der Waals surface area (Å²) in [5.41, 5.74) is 0. The SMILES string of the molecule is CC1OC(C(=O)CBr)O1. The Kier molecular flexibility index (Phi) is 2.21. The fourth-order valence-electron chi connectivity index (χ4n) is 0.573. The van der Waals surface area contributed by atoms with Gasteiger partial charge in [-0.2, -0.15) is 0 Å². The number of ketones is 1. The summed E-state index contributed by atoms with van der Waals surface area (Å²) in [6, 6.07) is 0. The quantitative estimate of drug-likeness (QED) is 0.607. The highest BCUT2D eigenvalue weighted by molar-refractivity contribution is 9.09. The Hall–Kier alpha value is 0.0700. The molecule has 0 aromatic heterocycles. The van der Waals surface area contributed by atoms with Crippen molar-refractivity contribution in [2.75, 3.05) is 5.33 Å². The number of carbonyl (C=O) groups excluding carboxylic acids is 1. The second-order valence-corrected chi connectivity index (χ2v) is 2.33. The van der Waals surface area contributed by atoms with Gasteiger partial charge in [0.15, 0.2) is 12.1 Å². The number of Topliss-reactive ketones (excluding diaryl/α,β-unsaturated/α-hetero) is 1. The average molecular weight is 195 g/mol. The van der Waals surface area contributed by atoms with E-state index in [1.54, 1.807) is 6.92 Å². The first-order valence-corrected chi connectivity index (χ1v) is 3.76. The first-order chi connectivity index (χ1) is 4.24. The molecule has 1 saturated heterocycles. The smallest absolute Gasteiger partial charge is 0.223 e. The molecule has 1 rings (SSSR count). The molecular formula is C5H7BrO3. The van der Waals surface area contributed by atoms with Gasteiger partial charge < -0.3 is 9.47 Å². The Balaban J connectivity index is 2.23. The Bertz CT molecular complexity index is 119. The van der Waals surface area contributed by atoms with Gasteiger partial charge in [-0.15, -0.1) is 0 Å². The topological polar surface area (TPSA) is 35.5 Å². The molecule has 0 unspecified atom stereocenters. The van der Waals surface area contributed by atoms with Gasteiger partial charge in [-0.3, -0.25) is 4.79 Å². The van der Waals surface area contributed by atoms with E-state index in [4.69, 9.17) is 9.47 Å². The number of carbonyl (C=O) groups is 1. The van der Waals surface area contributed by atoms with Gasteiger partial charge in [0.05, 0.1) is 5.33 Å². The maximum absolute atomic E-state index is 10.6. The number of rotatable bonds is 2. The summed E-state index contributed by atoms with van der Waals surface area (Å²) in [7, 11) is 0. The molecule has 1 heterocycles. The van der Waals surface area contributed by atoms with E-state index in [-0.39, 0.29) is 12.1 Å². The van der Waals surface area contributed by atoms with Crippen LogP contribution in [0.1, 0.15) is 6.92 Å². The van der Waals surface area contributed by atoms with Crippen LogP contribution in [0.15, 0.2) is 0 Å². The van der Waals surface area contributed by atoms with E-state index < -0.39 is 6.29 Å². The minimum absolute atomic E-state index is 0.0619. The highest BCUT2D eigenvalue weighted by atomic mass is 79.9. The molecule has 52 valence electrons. The van der Waals surface area contributed by atoms with Crippen LogP contribution in [0.3, 0.4) is 0 Å². The zero-order valence-electron chi connectivity index (χ0n) is 4.96. The number of hydrogen-bond donors (Lipinski definition) is 0. The summed E-state index contributed by atoms with van der Waals surface area (Å²) in [5, 5.41) is 0.296. The highest BCUT2D eigenvalue weighted by Gasteiger charge is 2.32. The molecule has 0 bridgehead atoms. The first kappa shape index (κ1) is 7.18. The van der Waals surface area contributed by atoms with Crippen molar-refractivity contribution in [3.63, 3.8) is 0 Å². The van der Waals surface area contributed by atoms with E-state index in [9.17, 15) is 4.79 Å². The molecule has 4 heteroatoms. The van der Waals surface area contributed by atoms with Crippen LogP contribution in [0.25, 0.3) is 0 Å². The second-order valence-electron chi connectivity index (χ2n) is 1.77. The van der Waals surface area contributed by atoms with E-state index in [2.05, 4.69) is 15.9 Å². The summed E-state index contributed by atoms with van der Waals surface area (Å²) in [4.78, 5) is 10.6. The maximum atomic E-state index is 10.6. The van der Waals surface area contributed by atoms with E-state index in [0.29, 0.717) is 5.33 Å². The van der Waals surface area contributed by atoms with E-state index >= 15 is 0 Å². The van der Waals surface area contributed by atoms with Crippen molar-refractivity contribution in [2.45, 2.75) is 19.5 Å². The molecule has 0 amide bonds. The van der Waals surface area contributed by atoms with Crippen LogP contribution in [-0.2, 0) is 14.3 Å². The molecule has 0 spiro atoms. The molecule has 3 nitrogen and oxygen atoms in total. The van der Waals surface area contributed by atoms with E-state index in [1.807, 2.05) is 0 Å². The first-order valence-electron chi connectivity index (χ1n) is 2.63. The monoisotopic (exact) mass is 194 g/mol. The fraction of sp³-hybridized carbons (Fsp3) is 0.800. The third-order valence-electron chi connectivity index (χ3n) is 1.03. The molecule has 0 saturated carbocycles. The van der Waals surface area contributed by atoms with Crippen LogP contribution < -0.4 is 0 Å². The average Bonchev–Trinajstić information content (AvgIpc) is 1.79. The largest absolute Gasteiger partial charge is 0.316 e. The summed E-state index contributed by atoms with van der Waals surface area (Å²) in [6.07, 6.45) is -0.822. The van der Waals surface area contributed by atoms with Crippen molar-refractivity contribution in [1.82, 2.24) is 0 Å². The fourth-order valence-corrected chi connectivity index (χ4v) is 0.837. The Morgan fingerprint density at radius 3 is 2.56 bits per heavy atom. The summed E-state index contributed by atoms with van der Waals surface area (Å²) in [5.74, 6) is -0.0619. The predicted octanol–water partition coefficient (Wildman–Crippen LogP) is 0.669. The minimum atomic E-state index is -0.612. The van der Waals surface area contributed by atoms with Crippen LogP contribution in [0, 0.1) is 0 Å². The van der Waals surface area contributed by atoms with Crippen molar-refractivity contribution in [3.05, 3.63) is 0 Å². The summed E-state index contributed by atoms with van der Waals surface area (Å²) >= 11 is 3.00. The lowest BCUT2D eigenvalue weighted by atomic mass is 10.4. The molecular weight excluding hydrogens is 188 g/mol. The van der Waals surface area contributed by atoms with Gasteiger partial charge in [-0.1, -0.05) is 15.9 Å². The van der Waals surface area contributed by atoms with E-state index in [0.717, 1.165) is 0 Å². The molecule has 0 aromatic rings. The normalized spacial score (nSPS) is 33.6. The molecule has 1 aliphatic heterocycles. The van der Waals surface area contributed by atoms with E-state index in [1.165, 1.54) is 0 Å². The van der Waals surface area contributed by atoms with Gasteiger partial charge in [0.1, 0.15) is 0 Å². The van der Waals surface area contributed by atoms with Gasteiger partial charge in [0, 0.05) is 0 Å². The van der Waals surface area contributed by atoms with Gasteiger partial charge in [-0.25, -0.2) is 0 Å².